The molecule has 2 aromatic heterocycles. The Morgan fingerprint density at radius 3 is 2.52 bits per heavy atom. The van der Waals surface area contributed by atoms with E-state index >= 15 is 0 Å². The quantitative estimate of drug-likeness (QED) is 0.413. The molecule has 3 aromatic rings. The molecule has 114 valence electrons. The lowest BCUT2D eigenvalue weighted by Gasteiger charge is -2.10. The first-order valence-corrected chi connectivity index (χ1v) is 7.35. The highest BCUT2D eigenvalue weighted by molar-refractivity contribution is 6.34. The number of Topliss-reactive ketones (excluding diaryl/α,β-unsaturated/α-hetero) is 1. The highest BCUT2D eigenvalue weighted by atomic mass is 16.2. The number of aryl methyl sites for hydroxylation is 1. The number of ketones is 1. The van der Waals surface area contributed by atoms with Crippen LogP contribution >= 0.6 is 0 Å². The minimum Gasteiger partial charge on any atom is -0.336 e. The molecule has 0 fully saturated rings. The molecule has 4 heteroatoms. The van der Waals surface area contributed by atoms with Gasteiger partial charge in [0.1, 0.15) is 5.69 Å². The van der Waals surface area contributed by atoms with Crippen LogP contribution in [0.3, 0.4) is 0 Å². The van der Waals surface area contributed by atoms with E-state index in [0.29, 0.717) is 18.5 Å². The van der Waals surface area contributed by atoms with Crippen LogP contribution in [-0.2, 0) is 11.3 Å². The number of aldehydes is 1. The summed E-state index contributed by atoms with van der Waals surface area (Å²) >= 11 is 0. The summed E-state index contributed by atoms with van der Waals surface area (Å²) in [5, 5.41) is 0. The van der Waals surface area contributed by atoms with Crippen molar-refractivity contribution in [2.45, 2.75) is 13.5 Å². The average Bonchev–Trinajstić information content (AvgIpc) is 2.92. The molecule has 4 nitrogen and oxygen atoms in total. The largest absolute Gasteiger partial charge is 0.336 e. The van der Waals surface area contributed by atoms with E-state index < -0.39 is 5.78 Å². The van der Waals surface area contributed by atoms with E-state index in [2.05, 4.69) is 4.98 Å². The van der Waals surface area contributed by atoms with Gasteiger partial charge < -0.3 is 4.57 Å². The topological polar surface area (TPSA) is 52.0 Å². The zero-order valence-electron chi connectivity index (χ0n) is 12.8. The van der Waals surface area contributed by atoms with Crippen LogP contribution in [0.15, 0.2) is 60.8 Å². The first-order chi connectivity index (χ1) is 11.2. The minimum absolute atomic E-state index is 0.371. The van der Waals surface area contributed by atoms with Gasteiger partial charge in [-0.25, -0.2) is 0 Å². The number of carbonyl (C=O) groups excluding carboxylic acids is 2. The Balaban J connectivity index is 2.14. The van der Waals surface area contributed by atoms with Crippen LogP contribution in [0.1, 0.15) is 21.9 Å². The van der Waals surface area contributed by atoms with Gasteiger partial charge in [-0.2, -0.15) is 0 Å². The Morgan fingerprint density at radius 1 is 1.13 bits per heavy atom. The van der Waals surface area contributed by atoms with Gasteiger partial charge in [-0.15, -0.1) is 0 Å². The molecule has 0 unspecified atom stereocenters. The smallest absolute Gasteiger partial charge is 0.242 e. The molecular formula is C19H16N2O2. The summed E-state index contributed by atoms with van der Waals surface area (Å²) in [5.41, 5.74) is 3.86. The monoisotopic (exact) mass is 304 g/mol. The molecule has 0 spiro atoms. The fourth-order valence-electron chi connectivity index (χ4n) is 2.69. The van der Waals surface area contributed by atoms with E-state index in [1.807, 2.05) is 66.1 Å². The Hall–Kier alpha value is -3.01. The number of nitrogens with zero attached hydrogens (tertiary/aromatic N) is 2. The third-order valence-electron chi connectivity index (χ3n) is 3.78. The molecule has 1 aromatic carbocycles. The lowest BCUT2D eigenvalue weighted by atomic mass is 10.0. The minimum atomic E-state index is -0.520. The molecule has 0 N–H and O–H groups in total. The van der Waals surface area contributed by atoms with Gasteiger partial charge in [-0.05, 0) is 30.7 Å². The Bertz CT molecular complexity index is 837. The van der Waals surface area contributed by atoms with Gasteiger partial charge in [0.15, 0.2) is 6.29 Å². The van der Waals surface area contributed by atoms with E-state index in [0.717, 1.165) is 22.5 Å². The van der Waals surface area contributed by atoms with Gasteiger partial charge in [-0.3, -0.25) is 14.6 Å². The SMILES string of the molecule is Cc1cc(-c2ccccc2)c(C(=O)C=O)n1Cc1ccccn1. The predicted molar refractivity (Wildman–Crippen MR) is 88.3 cm³/mol. The Morgan fingerprint density at radius 2 is 1.87 bits per heavy atom. The number of aromatic nitrogens is 2. The first-order valence-electron chi connectivity index (χ1n) is 7.35. The predicted octanol–water partition coefficient (Wildman–Crippen LogP) is 3.29. The number of benzene rings is 1. The number of rotatable bonds is 5. The Kier molecular flexibility index (Phi) is 4.15. The van der Waals surface area contributed by atoms with E-state index in [1.165, 1.54) is 0 Å². The third-order valence-corrected chi connectivity index (χ3v) is 3.78. The van der Waals surface area contributed by atoms with Crippen LogP contribution in [0.2, 0.25) is 0 Å². The van der Waals surface area contributed by atoms with Crippen molar-refractivity contribution < 1.29 is 9.59 Å². The van der Waals surface area contributed by atoms with Crippen LogP contribution in [0.25, 0.3) is 11.1 Å². The first kappa shape index (κ1) is 14.9. The van der Waals surface area contributed by atoms with Crippen molar-refractivity contribution in [3.8, 4) is 11.1 Å². The van der Waals surface area contributed by atoms with Crippen LogP contribution in [0.5, 0.6) is 0 Å². The lowest BCUT2D eigenvalue weighted by molar-refractivity contribution is -0.104. The van der Waals surface area contributed by atoms with Gasteiger partial charge in [0.2, 0.25) is 5.78 Å². The lowest BCUT2D eigenvalue weighted by Crippen LogP contribution is -2.13. The molecule has 2 heterocycles. The van der Waals surface area contributed by atoms with Crippen molar-refractivity contribution in [2.24, 2.45) is 0 Å². The molecule has 0 amide bonds. The summed E-state index contributed by atoms with van der Waals surface area (Å²) in [7, 11) is 0. The van der Waals surface area contributed by atoms with Crippen molar-refractivity contribution >= 4 is 12.1 Å². The van der Waals surface area contributed by atoms with Crippen molar-refractivity contribution in [3.05, 3.63) is 77.9 Å². The molecule has 0 radical (unpaired) electrons. The number of hydrogen-bond acceptors (Lipinski definition) is 3. The van der Waals surface area contributed by atoms with Gasteiger partial charge in [0, 0.05) is 17.5 Å². The van der Waals surface area contributed by atoms with Crippen LogP contribution in [0, 0.1) is 6.92 Å². The molecule has 0 aliphatic carbocycles. The summed E-state index contributed by atoms with van der Waals surface area (Å²) in [6, 6.07) is 17.2. The molecular weight excluding hydrogens is 288 g/mol. The normalized spacial score (nSPS) is 10.5. The second-order valence-electron chi connectivity index (χ2n) is 5.30. The highest BCUT2D eigenvalue weighted by Crippen LogP contribution is 2.28. The maximum Gasteiger partial charge on any atom is 0.242 e. The van der Waals surface area contributed by atoms with Gasteiger partial charge in [0.05, 0.1) is 12.2 Å². The maximum absolute atomic E-state index is 12.2. The molecule has 0 aliphatic heterocycles. The molecule has 0 saturated heterocycles. The van der Waals surface area contributed by atoms with Crippen LogP contribution in [-0.4, -0.2) is 21.6 Å². The van der Waals surface area contributed by atoms with Crippen molar-refractivity contribution in [3.63, 3.8) is 0 Å². The summed E-state index contributed by atoms with van der Waals surface area (Å²) < 4.78 is 1.85. The fourth-order valence-corrected chi connectivity index (χ4v) is 2.69. The molecule has 0 bridgehead atoms. The summed E-state index contributed by atoms with van der Waals surface area (Å²) in [5.74, 6) is -0.520. The van der Waals surface area contributed by atoms with Crippen molar-refractivity contribution in [1.29, 1.82) is 0 Å². The van der Waals surface area contributed by atoms with Crippen LogP contribution in [0.4, 0.5) is 0 Å². The summed E-state index contributed by atoms with van der Waals surface area (Å²) in [4.78, 5) is 27.6. The highest BCUT2D eigenvalue weighted by Gasteiger charge is 2.20. The van der Waals surface area contributed by atoms with E-state index in [-0.39, 0.29) is 0 Å². The van der Waals surface area contributed by atoms with Gasteiger partial charge >= 0.3 is 0 Å². The van der Waals surface area contributed by atoms with Crippen molar-refractivity contribution in [1.82, 2.24) is 9.55 Å². The number of pyridine rings is 1. The number of carbonyl (C=O) groups is 2. The van der Waals surface area contributed by atoms with E-state index in [4.69, 9.17) is 0 Å². The average molecular weight is 304 g/mol. The molecule has 3 rings (SSSR count). The zero-order valence-corrected chi connectivity index (χ0v) is 12.8. The number of hydrogen-bond donors (Lipinski definition) is 0. The van der Waals surface area contributed by atoms with Crippen molar-refractivity contribution in [2.75, 3.05) is 0 Å². The van der Waals surface area contributed by atoms with Crippen LogP contribution < -0.4 is 0 Å². The van der Waals surface area contributed by atoms with E-state index in [9.17, 15) is 9.59 Å². The zero-order chi connectivity index (χ0) is 16.2. The van der Waals surface area contributed by atoms with E-state index in [1.54, 1.807) is 6.20 Å². The maximum atomic E-state index is 12.2. The molecule has 23 heavy (non-hydrogen) atoms. The van der Waals surface area contributed by atoms with Gasteiger partial charge in [0.25, 0.3) is 0 Å². The third kappa shape index (κ3) is 2.97. The fraction of sp³-hybridized carbons (Fsp3) is 0.105. The second kappa shape index (κ2) is 6.40. The second-order valence-corrected chi connectivity index (χ2v) is 5.30. The summed E-state index contributed by atoms with van der Waals surface area (Å²) in [6.07, 6.45) is 2.09. The molecule has 0 aliphatic rings. The van der Waals surface area contributed by atoms with Gasteiger partial charge in [-0.1, -0.05) is 36.4 Å². The molecule has 0 saturated carbocycles. The molecule has 0 atom stereocenters. The standard InChI is InChI=1S/C19H16N2O2/c1-14-11-17(15-7-3-2-4-8-15)19(18(23)13-22)21(14)12-16-9-5-6-10-20-16/h2-11,13H,12H2,1H3. The summed E-state index contributed by atoms with van der Waals surface area (Å²) in [6.45, 7) is 2.38. The Labute approximate surface area is 134 Å².